The van der Waals surface area contributed by atoms with Gasteiger partial charge < -0.3 is 11.1 Å². The van der Waals surface area contributed by atoms with Crippen LogP contribution in [0.1, 0.15) is 33.6 Å². The Morgan fingerprint density at radius 2 is 2.14 bits per heavy atom. The molecular formula is C13H21N5O3. The first kappa shape index (κ1) is 16.8. The van der Waals surface area contributed by atoms with Crippen LogP contribution in [0.5, 0.6) is 0 Å². The Balaban J connectivity index is 0.00000106. The Labute approximate surface area is 122 Å². The molecule has 1 heterocycles. The maximum atomic E-state index is 10.9. The minimum atomic E-state index is -0.510. The maximum absolute atomic E-state index is 10.9. The molecule has 0 bridgehead atoms. The van der Waals surface area contributed by atoms with Crippen molar-refractivity contribution in [3.63, 3.8) is 0 Å². The highest BCUT2D eigenvalue weighted by Crippen LogP contribution is 2.27. The van der Waals surface area contributed by atoms with Gasteiger partial charge in [0, 0.05) is 24.3 Å². The molecule has 0 amide bonds. The van der Waals surface area contributed by atoms with Crippen LogP contribution in [-0.2, 0) is 0 Å². The van der Waals surface area contributed by atoms with Crippen molar-refractivity contribution in [1.29, 1.82) is 0 Å². The molecule has 116 valence electrons. The van der Waals surface area contributed by atoms with Crippen molar-refractivity contribution in [2.45, 2.75) is 39.7 Å². The number of nitro groups is 1. The number of nitro benzene ring substituents is 1. The fourth-order valence-electron chi connectivity index (χ4n) is 1.84. The monoisotopic (exact) mass is 295 g/mol. The molecular weight excluding hydrogens is 274 g/mol. The second-order valence-electron chi connectivity index (χ2n) is 4.31. The molecule has 2 aromatic rings. The molecule has 1 aromatic heterocycles. The molecule has 0 spiro atoms. The molecule has 0 saturated carbocycles. The van der Waals surface area contributed by atoms with E-state index in [-0.39, 0.29) is 17.2 Å². The zero-order chi connectivity index (χ0) is 15.8. The number of anilines is 1. The number of fused-ring (bicyclic) bond motifs is 1. The van der Waals surface area contributed by atoms with Crippen LogP contribution in [0.25, 0.3) is 11.0 Å². The SMILES string of the molecule is CC.CCCC(N)CNc1cc([N+](=O)[O-])c2nonc2c1. The number of nitrogens with zero attached hydrogens (tertiary/aromatic N) is 3. The van der Waals surface area contributed by atoms with Crippen molar-refractivity contribution in [3.05, 3.63) is 22.2 Å². The van der Waals surface area contributed by atoms with E-state index in [1.54, 1.807) is 6.07 Å². The molecule has 1 atom stereocenters. The molecule has 8 heteroatoms. The Hall–Kier alpha value is -2.22. The van der Waals surface area contributed by atoms with Crippen LogP contribution >= 0.6 is 0 Å². The standard InChI is InChI=1S/C11H15N5O3.C2H6/c1-2-3-7(12)6-13-8-4-9-11(15-19-14-9)10(5-8)16(17)18;1-2/h4-5,7,13H,2-3,6,12H2,1H3;1-2H3. The quantitative estimate of drug-likeness (QED) is 0.620. The zero-order valence-corrected chi connectivity index (χ0v) is 12.5. The molecule has 0 aliphatic rings. The summed E-state index contributed by atoms with van der Waals surface area (Å²) in [5, 5.41) is 21.2. The molecule has 0 radical (unpaired) electrons. The average Bonchev–Trinajstić information content (AvgIpc) is 2.94. The molecule has 3 N–H and O–H groups in total. The van der Waals surface area contributed by atoms with E-state index in [2.05, 4.69) is 27.2 Å². The number of nitrogens with two attached hydrogens (primary N) is 1. The summed E-state index contributed by atoms with van der Waals surface area (Å²) < 4.78 is 4.52. The highest BCUT2D eigenvalue weighted by Gasteiger charge is 2.18. The number of rotatable bonds is 6. The molecule has 2 rings (SSSR count). The number of benzene rings is 1. The number of hydrogen-bond acceptors (Lipinski definition) is 7. The third-order valence-electron chi connectivity index (χ3n) is 2.77. The van der Waals surface area contributed by atoms with Crippen LogP contribution in [0.15, 0.2) is 16.8 Å². The summed E-state index contributed by atoms with van der Waals surface area (Å²) in [4.78, 5) is 10.4. The lowest BCUT2D eigenvalue weighted by Crippen LogP contribution is -2.28. The Bertz CT molecular complexity index is 584. The summed E-state index contributed by atoms with van der Waals surface area (Å²) in [5.41, 5.74) is 6.82. The summed E-state index contributed by atoms with van der Waals surface area (Å²) in [7, 11) is 0. The highest BCUT2D eigenvalue weighted by atomic mass is 16.6. The summed E-state index contributed by atoms with van der Waals surface area (Å²) in [6.45, 7) is 6.60. The van der Waals surface area contributed by atoms with Crippen LogP contribution < -0.4 is 11.1 Å². The first-order valence-corrected chi connectivity index (χ1v) is 7.02. The van der Waals surface area contributed by atoms with Gasteiger partial charge in [0.2, 0.25) is 5.52 Å². The third-order valence-corrected chi connectivity index (χ3v) is 2.77. The van der Waals surface area contributed by atoms with Crippen LogP contribution in [0, 0.1) is 10.1 Å². The minimum Gasteiger partial charge on any atom is -0.383 e. The van der Waals surface area contributed by atoms with Crippen LogP contribution in [-0.4, -0.2) is 27.8 Å². The van der Waals surface area contributed by atoms with Crippen molar-refractivity contribution in [2.75, 3.05) is 11.9 Å². The first-order chi connectivity index (χ1) is 10.1. The largest absolute Gasteiger partial charge is 0.383 e. The summed E-state index contributed by atoms with van der Waals surface area (Å²) in [6, 6.07) is 3.07. The van der Waals surface area contributed by atoms with E-state index >= 15 is 0 Å². The van der Waals surface area contributed by atoms with Gasteiger partial charge in [0.25, 0.3) is 0 Å². The fraction of sp³-hybridized carbons (Fsp3) is 0.538. The second kappa shape index (κ2) is 8.15. The average molecular weight is 295 g/mol. The number of non-ortho nitro benzene ring substituents is 1. The van der Waals surface area contributed by atoms with E-state index in [0.717, 1.165) is 12.8 Å². The lowest BCUT2D eigenvalue weighted by molar-refractivity contribution is -0.383. The van der Waals surface area contributed by atoms with E-state index in [9.17, 15) is 10.1 Å². The second-order valence-corrected chi connectivity index (χ2v) is 4.31. The van der Waals surface area contributed by atoms with E-state index in [1.165, 1.54) is 6.07 Å². The summed E-state index contributed by atoms with van der Waals surface area (Å²) >= 11 is 0. The summed E-state index contributed by atoms with van der Waals surface area (Å²) in [5.74, 6) is 0. The molecule has 0 fully saturated rings. The van der Waals surface area contributed by atoms with Crippen LogP contribution in [0.3, 0.4) is 0 Å². The molecule has 0 aliphatic heterocycles. The molecule has 0 aliphatic carbocycles. The first-order valence-electron chi connectivity index (χ1n) is 7.02. The van der Waals surface area contributed by atoms with Crippen molar-refractivity contribution in [2.24, 2.45) is 5.73 Å². The number of aromatic nitrogens is 2. The van der Waals surface area contributed by atoms with Crippen molar-refractivity contribution in [1.82, 2.24) is 10.3 Å². The Morgan fingerprint density at radius 1 is 1.43 bits per heavy atom. The van der Waals surface area contributed by atoms with Gasteiger partial charge in [0.05, 0.1) is 4.92 Å². The van der Waals surface area contributed by atoms with Gasteiger partial charge in [-0.2, -0.15) is 0 Å². The van der Waals surface area contributed by atoms with Crippen LogP contribution in [0.4, 0.5) is 11.4 Å². The van der Waals surface area contributed by atoms with Crippen molar-refractivity contribution in [3.8, 4) is 0 Å². The highest BCUT2D eigenvalue weighted by molar-refractivity contribution is 5.87. The smallest absolute Gasteiger partial charge is 0.302 e. The molecule has 1 aromatic carbocycles. The van der Waals surface area contributed by atoms with Gasteiger partial charge in [-0.05, 0) is 22.8 Å². The van der Waals surface area contributed by atoms with Crippen LogP contribution in [0.2, 0.25) is 0 Å². The van der Waals surface area contributed by atoms with Gasteiger partial charge in [-0.25, -0.2) is 4.63 Å². The lowest BCUT2D eigenvalue weighted by Gasteiger charge is -2.12. The van der Waals surface area contributed by atoms with Gasteiger partial charge in [0.1, 0.15) is 5.52 Å². The third kappa shape index (κ3) is 4.38. The van der Waals surface area contributed by atoms with Gasteiger partial charge >= 0.3 is 5.69 Å². The Morgan fingerprint density at radius 3 is 2.76 bits per heavy atom. The topological polar surface area (TPSA) is 120 Å². The normalized spacial score (nSPS) is 11.6. The minimum absolute atomic E-state index is 0.00943. The van der Waals surface area contributed by atoms with E-state index in [1.807, 2.05) is 13.8 Å². The fourth-order valence-corrected chi connectivity index (χ4v) is 1.84. The molecule has 21 heavy (non-hydrogen) atoms. The number of hydrogen-bond donors (Lipinski definition) is 2. The van der Waals surface area contributed by atoms with Gasteiger partial charge in [-0.3, -0.25) is 10.1 Å². The van der Waals surface area contributed by atoms with E-state index in [0.29, 0.717) is 17.7 Å². The lowest BCUT2D eigenvalue weighted by atomic mass is 10.1. The molecule has 1 unspecified atom stereocenters. The summed E-state index contributed by atoms with van der Waals surface area (Å²) in [6.07, 6.45) is 1.89. The molecule has 0 saturated heterocycles. The predicted octanol–water partition coefficient (Wildman–Crippen LogP) is 2.70. The van der Waals surface area contributed by atoms with Gasteiger partial charge in [-0.15, -0.1) is 0 Å². The van der Waals surface area contributed by atoms with Crippen molar-refractivity contribution < 1.29 is 9.55 Å². The van der Waals surface area contributed by atoms with E-state index < -0.39 is 4.92 Å². The maximum Gasteiger partial charge on any atom is 0.302 e. The van der Waals surface area contributed by atoms with E-state index in [4.69, 9.17) is 5.73 Å². The Kier molecular flexibility index (Phi) is 6.54. The van der Waals surface area contributed by atoms with Crippen molar-refractivity contribution >= 4 is 22.4 Å². The van der Waals surface area contributed by atoms with Gasteiger partial charge in [0.15, 0.2) is 0 Å². The number of nitrogens with one attached hydrogen (secondary N) is 1. The zero-order valence-electron chi connectivity index (χ0n) is 12.5. The van der Waals surface area contributed by atoms with Gasteiger partial charge in [-0.1, -0.05) is 27.2 Å². The predicted molar refractivity (Wildman–Crippen MR) is 81.2 cm³/mol. The molecule has 8 nitrogen and oxygen atoms in total.